The molecule has 16 heavy (non-hydrogen) atoms. The molecule has 1 heterocycles. The van der Waals surface area contributed by atoms with E-state index in [1.165, 1.54) is 17.4 Å². The molecule has 0 saturated carbocycles. The number of halogens is 2. The summed E-state index contributed by atoms with van der Waals surface area (Å²) in [4.78, 5) is 0. The molecule has 0 atom stereocenters. The fourth-order valence-corrected chi connectivity index (χ4v) is 1.86. The lowest BCUT2D eigenvalue weighted by Gasteiger charge is -2.02. The normalized spacial score (nSPS) is 10.4. The average molecular weight is 259 g/mol. The highest BCUT2D eigenvalue weighted by Crippen LogP contribution is 2.20. The lowest BCUT2D eigenvalue weighted by molar-refractivity contribution is 0.295. The lowest BCUT2D eigenvalue weighted by atomic mass is 10.2. The van der Waals surface area contributed by atoms with Gasteiger partial charge >= 0.3 is 0 Å². The Kier molecular flexibility index (Phi) is 3.69. The Balaban J connectivity index is 1.99. The molecule has 1 aromatic carbocycles. The van der Waals surface area contributed by atoms with Crippen LogP contribution >= 0.6 is 22.9 Å². The Morgan fingerprint density at radius 2 is 2.12 bits per heavy atom. The van der Waals surface area contributed by atoms with E-state index in [-0.39, 0.29) is 12.4 Å². The number of hydrogen-bond acceptors (Lipinski definition) is 4. The molecule has 0 fully saturated rings. The minimum Gasteiger partial charge on any atom is -0.464 e. The highest BCUT2D eigenvalue weighted by atomic mass is 35.5. The molecule has 0 N–H and O–H groups in total. The highest BCUT2D eigenvalue weighted by Gasteiger charge is 2.06. The Bertz CT molecular complexity index is 477. The first-order chi connectivity index (χ1) is 7.79. The van der Waals surface area contributed by atoms with E-state index in [1.807, 2.05) is 0 Å². The largest absolute Gasteiger partial charge is 0.464 e. The van der Waals surface area contributed by atoms with Crippen LogP contribution in [0.2, 0.25) is 0 Å². The van der Waals surface area contributed by atoms with Crippen molar-refractivity contribution in [3.63, 3.8) is 0 Å². The van der Waals surface area contributed by atoms with Crippen LogP contribution < -0.4 is 4.74 Å². The van der Waals surface area contributed by atoms with Crippen molar-refractivity contribution in [1.82, 2.24) is 10.2 Å². The van der Waals surface area contributed by atoms with Gasteiger partial charge in [-0.3, -0.25) is 0 Å². The van der Waals surface area contributed by atoms with Crippen LogP contribution in [-0.2, 0) is 12.5 Å². The molecule has 84 valence electrons. The van der Waals surface area contributed by atoms with Gasteiger partial charge in [0.05, 0.1) is 5.88 Å². The van der Waals surface area contributed by atoms with E-state index in [9.17, 15) is 4.39 Å². The number of ether oxygens (including phenoxy) is 1. The molecule has 1 aromatic heterocycles. The van der Waals surface area contributed by atoms with Gasteiger partial charge in [-0.15, -0.1) is 21.8 Å². The second-order valence-electron chi connectivity index (χ2n) is 2.98. The van der Waals surface area contributed by atoms with Gasteiger partial charge in [0.1, 0.15) is 17.4 Å². The fourth-order valence-electron chi connectivity index (χ4n) is 1.11. The molecule has 0 amide bonds. The zero-order valence-electron chi connectivity index (χ0n) is 8.19. The molecule has 0 spiro atoms. The predicted molar refractivity (Wildman–Crippen MR) is 60.2 cm³/mol. The third-order valence-corrected chi connectivity index (χ3v) is 3.12. The topological polar surface area (TPSA) is 35.0 Å². The molecule has 0 aliphatic heterocycles. The van der Waals surface area contributed by atoms with Crippen LogP contribution in [0, 0.1) is 5.82 Å². The number of aromatic nitrogens is 2. The number of rotatable bonds is 4. The first-order valence-electron chi connectivity index (χ1n) is 4.54. The molecule has 2 rings (SSSR count). The predicted octanol–water partition coefficient (Wildman–Crippen LogP) is 3.00. The van der Waals surface area contributed by atoms with Crippen LogP contribution in [-0.4, -0.2) is 10.2 Å². The first kappa shape index (κ1) is 11.3. The van der Waals surface area contributed by atoms with Gasteiger partial charge in [0.25, 0.3) is 5.19 Å². The molecule has 0 unspecified atom stereocenters. The summed E-state index contributed by atoms with van der Waals surface area (Å²) in [5.41, 5.74) is 0.491. The van der Waals surface area contributed by atoms with Crippen LogP contribution in [0.5, 0.6) is 5.19 Å². The van der Waals surface area contributed by atoms with Gasteiger partial charge < -0.3 is 4.74 Å². The van der Waals surface area contributed by atoms with Crippen LogP contribution in [0.3, 0.4) is 0 Å². The van der Waals surface area contributed by atoms with E-state index in [0.29, 0.717) is 21.6 Å². The zero-order valence-corrected chi connectivity index (χ0v) is 9.76. The van der Waals surface area contributed by atoms with Gasteiger partial charge in [0.15, 0.2) is 0 Å². The van der Waals surface area contributed by atoms with Crippen LogP contribution in [0.4, 0.5) is 4.39 Å². The van der Waals surface area contributed by atoms with Crippen molar-refractivity contribution in [3.8, 4) is 5.19 Å². The Hall–Kier alpha value is -1.20. The quantitative estimate of drug-likeness (QED) is 0.791. The third kappa shape index (κ3) is 2.68. The van der Waals surface area contributed by atoms with Crippen molar-refractivity contribution in [3.05, 3.63) is 40.7 Å². The Morgan fingerprint density at radius 3 is 2.81 bits per heavy atom. The number of alkyl halides is 1. The monoisotopic (exact) mass is 258 g/mol. The van der Waals surface area contributed by atoms with E-state index in [1.54, 1.807) is 18.2 Å². The summed E-state index contributed by atoms with van der Waals surface area (Å²) in [5, 5.41) is 8.65. The minimum atomic E-state index is -0.287. The summed E-state index contributed by atoms with van der Waals surface area (Å²) in [5.74, 6) is 0.0189. The maximum atomic E-state index is 13.2. The first-order valence-corrected chi connectivity index (χ1v) is 5.89. The second-order valence-corrected chi connectivity index (χ2v) is 4.27. The molecule has 0 aliphatic carbocycles. The van der Waals surface area contributed by atoms with Crippen LogP contribution in [0.25, 0.3) is 0 Å². The summed E-state index contributed by atoms with van der Waals surface area (Å²) in [7, 11) is 0. The van der Waals surface area contributed by atoms with Crippen molar-refractivity contribution >= 4 is 22.9 Å². The zero-order chi connectivity index (χ0) is 11.4. The summed E-state index contributed by atoms with van der Waals surface area (Å²) in [6.07, 6.45) is 0. The third-order valence-electron chi connectivity index (χ3n) is 1.87. The summed E-state index contributed by atoms with van der Waals surface area (Å²) >= 11 is 6.83. The summed E-state index contributed by atoms with van der Waals surface area (Å²) in [6.45, 7) is 0.142. The average Bonchev–Trinajstić information content (AvgIpc) is 2.76. The van der Waals surface area contributed by atoms with Crippen molar-refractivity contribution in [2.75, 3.05) is 0 Å². The number of hydrogen-bond donors (Lipinski definition) is 0. The summed E-state index contributed by atoms with van der Waals surface area (Å²) in [6, 6.07) is 6.45. The fraction of sp³-hybridized carbons (Fsp3) is 0.200. The molecule has 0 bridgehead atoms. The lowest BCUT2D eigenvalue weighted by Crippen LogP contribution is -1.97. The second kappa shape index (κ2) is 5.23. The Morgan fingerprint density at radius 1 is 1.31 bits per heavy atom. The molecule has 2 aromatic rings. The van der Waals surface area contributed by atoms with Crippen molar-refractivity contribution in [2.45, 2.75) is 12.5 Å². The van der Waals surface area contributed by atoms with Crippen molar-refractivity contribution in [2.24, 2.45) is 0 Å². The van der Waals surface area contributed by atoms with Gasteiger partial charge in [0.2, 0.25) is 0 Å². The molecule has 0 radical (unpaired) electrons. The van der Waals surface area contributed by atoms with Gasteiger partial charge in [-0.05, 0) is 6.07 Å². The van der Waals surface area contributed by atoms with Gasteiger partial charge in [0, 0.05) is 5.56 Å². The van der Waals surface area contributed by atoms with Crippen molar-refractivity contribution in [1.29, 1.82) is 0 Å². The maximum absolute atomic E-state index is 13.2. The van der Waals surface area contributed by atoms with E-state index in [4.69, 9.17) is 16.3 Å². The number of nitrogens with zero attached hydrogens (tertiary/aromatic N) is 2. The van der Waals surface area contributed by atoms with E-state index in [2.05, 4.69) is 10.2 Å². The highest BCUT2D eigenvalue weighted by molar-refractivity contribution is 7.13. The number of benzene rings is 1. The molecule has 3 nitrogen and oxygen atoms in total. The Labute approximate surface area is 101 Å². The standard InChI is InChI=1S/C10H8ClFN2OS/c11-5-9-13-14-10(16-9)15-6-7-3-1-2-4-8(7)12/h1-4H,5-6H2. The van der Waals surface area contributed by atoms with Crippen LogP contribution in [0.1, 0.15) is 10.6 Å². The minimum absolute atomic E-state index is 0.142. The van der Waals surface area contributed by atoms with E-state index < -0.39 is 0 Å². The van der Waals surface area contributed by atoms with Gasteiger partial charge in [-0.1, -0.05) is 29.5 Å². The SMILES string of the molecule is Fc1ccccc1COc1nnc(CCl)s1. The molecular formula is C10H8ClFN2OS. The maximum Gasteiger partial charge on any atom is 0.294 e. The molecular weight excluding hydrogens is 251 g/mol. The van der Waals surface area contributed by atoms with Gasteiger partial charge in [-0.2, -0.15) is 0 Å². The summed E-state index contributed by atoms with van der Waals surface area (Å²) < 4.78 is 18.5. The van der Waals surface area contributed by atoms with Crippen LogP contribution in [0.15, 0.2) is 24.3 Å². The van der Waals surface area contributed by atoms with Gasteiger partial charge in [-0.25, -0.2) is 4.39 Å². The smallest absolute Gasteiger partial charge is 0.294 e. The van der Waals surface area contributed by atoms with Crippen molar-refractivity contribution < 1.29 is 9.13 Å². The molecule has 0 aliphatic rings. The van der Waals surface area contributed by atoms with E-state index in [0.717, 1.165) is 0 Å². The molecule has 0 saturated heterocycles. The van der Waals surface area contributed by atoms with E-state index >= 15 is 0 Å². The molecule has 6 heteroatoms.